The predicted octanol–water partition coefficient (Wildman–Crippen LogP) is 2.43. The van der Waals surface area contributed by atoms with Gasteiger partial charge in [0, 0.05) is 24.4 Å². The van der Waals surface area contributed by atoms with Gasteiger partial charge < -0.3 is 5.11 Å². The normalized spacial score (nSPS) is 22.5. The maximum Gasteiger partial charge on any atom is 0.185 e. The van der Waals surface area contributed by atoms with Crippen LogP contribution in [0.3, 0.4) is 0 Å². The van der Waals surface area contributed by atoms with Gasteiger partial charge in [-0.15, -0.1) is 0 Å². The third-order valence-electron chi connectivity index (χ3n) is 3.66. The van der Waals surface area contributed by atoms with E-state index in [2.05, 4.69) is 0 Å². The number of Topliss-reactive ketones (excluding diaryl/α,β-unsaturated/α-hetero) is 1. The van der Waals surface area contributed by atoms with Gasteiger partial charge in [0.2, 0.25) is 0 Å². The summed E-state index contributed by atoms with van der Waals surface area (Å²) in [5.41, 5.74) is -1.80. The molecule has 0 aromatic carbocycles. The molecule has 100 valence electrons. The van der Waals surface area contributed by atoms with E-state index in [1.54, 1.807) is 0 Å². The van der Waals surface area contributed by atoms with Gasteiger partial charge in [0.1, 0.15) is 0 Å². The van der Waals surface area contributed by atoms with Gasteiger partial charge in [0.15, 0.2) is 11.5 Å². The summed E-state index contributed by atoms with van der Waals surface area (Å²) in [5, 5.41) is 10.9. The number of likely N-dealkylation sites (tertiary alicyclic amines) is 1. The van der Waals surface area contributed by atoms with Crippen LogP contribution in [-0.4, -0.2) is 34.6 Å². The van der Waals surface area contributed by atoms with Crippen molar-refractivity contribution in [2.45, 2.75) is 59.6 Å². The molecule has 0 saturated carbocycles. The zero-order valence-corrected chi connectivity index (χ0v) is 11.9. The summed E-state index contributed by atoms with van der Waals surface area (Å²) in [6.07, 6.45) is 3.35. The molecule has 1 atom stereocenters. The van der Waals surface area contributed by atoms with E-state index in [4.69, 9.17) is 0 Å². The molecule has 1 fully saturated rings. The molecule has 1 aliphatic rings. The van der Waals surface area contributed by atoms with Crippen LogP contribution >= 0.6 is 0 Å². The summed E-state index contributed by atoms with van der Waals surface area (Å²) < 4.78 is 0. The summed E-state index contributed by atoms with van der Waals surface area (Å²) in [5.74, 6) is -0.130. The Kier molecular flexibility index (Phi) is 4.37. The Morgan fingerprint density at radius 2 is 1.59 bits per heavy atom. The Labute approximate surface area is 105 Å². The predicted molar refractivity (Wildman–Crippen MR) is 69.7 cm³/mol. The number of carbonyl (C=O) groups excluding carboxylic acids is 1. The van der Waals surface area contributed by atoms with Crippen LogP contribution in [0.4, 0.5) is 0 Å². The first-order chi connectivity index (χ1) is 7.70. The first-order valence-electron chi connectivity index (χ1n) is 6.73. The quantitative estimate of drug-likeness (QED) is 0.825. The molecule has 1 saturated heterocycles. The lowest BCUT2D eigenvalue weighted by molar-refractivity contribution is -0.184. The van der Waals surface area contributed by atoms with Crippen molar-refractivity contribution < 1.29 is 9.90 Å². The number of nitrogens with zero attached hydrogens (tertiary/aromatic N) is 1. The average molecular weight is 241 g/mol. The highest BCUT2D eigenvalue weighted by Crippen LogP contribution is 2.33. The van der Waals surface area contributed by atoms with Crippen molar-refractivity contribution in [3.05, 3.63) is 0 Å². The van der Waals surface area contributed by atoms with Crippen LogP contribution in [0.25, 0.3) is 0 Å². The second kappa shape index (κ2) is 5.07. The molecular formula is C14H27NO2. The highest BCUT2D eigenvalue weighted by Gasteiger charge is 2.48. The molecule has 3 nitrogen and oxygen atoms in total. The lowest BCUT2D eigenvalue weighted by Crippen LogP contribution is -2.62. The summed E-state index contributed by atoms with van der Waals surface area (Å²) in [6, 6.07) is 0. The standard InChI is InChI=1S/C14H27NO2/c1-11(2)14(17,12(16)13(3,4)5)15-9-7-6-8-10-15/h11,17H,6-10H2,1-5H3/t14-/m0/s1. The molecule has 0 amide bonds. The van der Waals surface area contributed by atoms with Crippen molar-refractivity contribution in [3.63, 3.8) is 0 Å². The molecule has 3 heteroatoms. The van der Waals surface area contributed by atoms with Crippen LogP contribution in [0, 0.1) is 11.3 Å². The van der Waals surface area contributed by atoms with E-state index in [1.165, 1.54) is 6.42 Å². The molecule has 1 rings (SSSR count). The fourth-order valence-corrected chi connectivity index (χ4v) is 2.56. The smallest absolute Gasteiger partial charge is 0.185 e. The minimum atomic E-state index is -1.29. The Balaban J connectivity index is 3.00. The molecule has 1 heterocycles. The van der Waals surface area contributed by atoms with Crippen molar-refractivity contribution in [3.8, 4) is 0 Å². The van der Waals surface area contributed by atoms with Crippen molar-refractivity contribution in [1.82, 2.24) is 4.90 Å². The van der Waals surface area contributed by atoms with E-state index in [0.717, 1.165) is 25.9 Å². The molecular weight excluding hydrogens is 214 g/mol. The lowest BCUT2D eigenvalue weighted by Gasteiger charge is -2.45. The number of hydrogen-bond donors (Lipinski definition) is 1. The van der Waals surface area contributed by atoms with Crippen molar-refractivity contribution in [1.29, 1.82) is 0 Å². The number of hydrogen-bond acceptors (Lipinski definition) is 3. The van der Waals surface area contributed by atoms with Crippen LogP contribution in [0.2, 0.25) is 0 Å². The SMILES string of the molecule is CC(C)[C@](O)(C(=O)C(C)(C)C)N1CCCCC1. The summed E-state index contributed by atoms with van der Waals surface area (Å²) in [6.45, 7) is 11.2. The van der Waals surface area contributed by atoms with E-state index < -0.39 is 11.1 Å². The Morgan fingerprint density at radius 3 is 1.94 bits per heavy atom. The third kappa shape index (κ3) is 2.89. The molecule has 1 aliphatic heterocycles. The van der Waals surface area contributed by atoms with Gasteiger partial charge in [-0.1, -0.05) is 41.0 Å². The van der Waals surface area contributed by atoms with Gasteiger partial charge >= 0.3 is 0 Å². The molecule has 0 spiro atoms. The maximum absolute atomic E-state index is 12.5. The highest BCUT2D eigenvalue weighted by atomic mass is 16.3. The summed E-state index contributed by atoms with van der Waals surface area (Å²) >= 11 is 0. The van der Waals surface area contributed by atoms with E-state index in [1.807, 2.05) is 39.5 Å². The molecule has 17 heavy (non-hydrogen) atoms. The zero-order chi connectivity index (χ0) is 13.3. The number of piperidine rings is 1. The summed E-state index contributed by atoms with van der Waals surface area (Å²) in [4.78, 5) is 14.5. The number of rotatable bonds is 3. The van der Waals surface area contributed by atoms with E-state index in [9.17, 15) is 9.90 Å². The monoisotopic (exact) mass is 241 g/mol. The fraction of sp³-hybridized carbons (Fsp3) is 0.929. The van der Waals surface area contributed by atoms with Crippen LogP contribution in [0.5, 0.6) is 0 Å². The summed E-state index contributed by atoms with van der Waals surface area (Å²) in [7, 11) is 0. The van der Waals surface area contributed by atoms with Gasteiger partial charge in [-0.05, 0) is 12.8 Å². The average Bonchev–Trinajstić information content (AvgIpc) is 2.26. The van der Waals surface area contributed by atoms with E-state index in [-0.39, 0.29) is 11.7 Å². The fourth-order valence-electron chi connectivity index (χ4n) is 2.56. The Morgan fingerprint density at radius 1 is 1.12 bits per heavy atom. The zero-order valence-electron chi connectivity index (χ0n) is 11.9. The Bertz CT molecular complexity index is 274. The molecule has 0 aromatic rings. The minimum absolute atomic E-state index is 0.0538. The number of aliphatic hydroxyl groups is 1. The first-order valence-corrected chi connectivity index (χ1v) is 6.73. The number of carbonyl (C=O) groups is 1. The largest absolute Gasteiger partial charge is 0.368 e. The minimum Gasteiger partial charge on any atom is -0.368 e. The molecule has 0 unspecified atom stereocenters. The van der Waals surface area contributed by atoms with Crippen LogP contribution < -0.4 is 0 Å². The van der Waals surface area contributed by atoms with Gasteiger partial charge in [-0.25, -0.2) is 0 Å². The highest BCUT2D eigenvalue weighted by molar-refractivity contribution is 5.91. The molecule has 0 radical (unpaired) electrons. The van der Waals surface area contributed by atoms with Crippen LogP contribution in [0.1, 0.15) is 53.9 Å². The first kappa shape index (κ1) is 14.7. The maximum atomic E-state index is 12.5. The third-order valence-corrected chi connectivity index (χ3v) is 3.66. The topological polar surface area (TPSA) is 40.5 Å². The van der Waals surface area contributed by atoms with E-state index in [0.29, 0.717) is 0 Å². The van der Waals surface area contributed by atoms with E-state index >= 15 is 0 Å². The van der Waals surface area contributed by atoms with Crippen LogP contribution in [-0.2, 0) is 4.79 Å². The molecule has 0 aliphatic carbocycles. The second-order valence-corrected chi connectivity index (χ2v) is 6.51. The van der Waals surface area contributed by atoms with Crippen molar-refractivity contribution in [2.24, 2.45) is 11.3 Å². The second-order valence-electron chi connectivity index (χ2n) is 6.51. The van der Waals surface area contributed by atoms with Gasteiger partial charge in [-0.3, -0.25) is 9.69 Å². The van der Waals surface area contributed by atoms with Crippen LogP contribution in [0.15, 0.2) is 0 Å². The van der Waals surface area contributed by atoms with Crippen molar-refractivity contribution >= 4 is 5.78 Å². The van der Waals surface area contributed by atoms with Gasteiger partial charge in [-0.2, -0.15) is 0 Å². The number of ketones is 1. The van der Waals surface area contributed by atoms with Gasteiger partial charge in [0.05, 0.1) is 0 Å². The lowest BCUT2D eigenvalue weighted by atomic mass is 9.78. The molecule has 1 N–H and O–H groups in total. The molecule has 0 aromatic heterocycles. The molecule has 0 bridgehead atoms. The van der Waals surface area contributed by atoms with Gasteiger partial charge in [0.25, 0.3) is 0 Å². The Hall–Kier alpha value is -0.410. The van der Waals surface area contributed by atoms with Crippen molar-refractivity contribution in [2.75, 3.05) is 13.1 Å².